The Hall–Kier alpha value is -2.14. The molecule has 0 aromatic heterocycles. The summed E-state index contributed by atoms with van der Waals surface area (Å²) in [5.41, 5.74) is 0.843. The largest absolute Gasteiger partial charge is 0.496 e. The second-order valence-corrected chi connectivity index (χ2v) is 6.35. The van der Waals surface area contributed by atoms with Gasteiger partial charge in [-0.05, 0) is 30.6 Å². The molecule has 1 aliphatic carbocycles. The van der Waals surface area contributed by atoms with Crippen LogP contribution in [0.5, 0.6) is 11.5 Å². The minimum atomic E-state index is -0.785. The molecule has 0 bridgehead atoms. The summed E-state index contributed by atoms with van der Waals surface area (Å²) >= 11 is 0. The molecule has 1 N–H and O–H groups in total. The normalized spacial score (nSPS) is 14.8. The zero-order chi connectivity index (χ0) is 17.9. The van der Waals surface area contributed by atoms with Crippen LogP contribution >= 0.6 is 0 Å². The number of hydrogen-bond acceptors (Lipinski definition) is 5. The predicted octanol–water partition coefficient (Wildman–Crippen LogP) is 3.50. The highest BCUT2D eigenvalue weighted by atomic mass is 16.5. The Morgan fingerprint density at radius 3 is 2.17 bits per heavy atom. The first-order valence-electron chi connectivity index (χ1n) is 8.14. The van der Waals surface area contributed by atoms with Gasteiger partial charge in [0.1, 0.15) is 11.5 Å². The Balaban J connectivity index is 2.48. The number of fused-ring (bicyclic) bond motifs is 1. The van der Waals surface area contributed by atoms with Crippen molar-refractivity contribution in [2.75, 3.05) is 14.2 Å². The van der Waals surface area contributed by atoms with E-state index < -0.39 is 6.10 Å². The van der Waals surface area contributed by atoms with E-state index in [1.807, 2.05) is 0 Å². The third kappa shape index (κ3) is 3.51. The van der Waals surface area contributed by atoms with Crippen LogP contribution in [0.3, 0.4) is 0 Å². The maximum absolute atomic E-state index is 12.3. The number of carbonyl (C=O) groups is 2. The number of ketones is 2. The van der Waals surface area contributed by atoms with Crippen LogP contribution in [0.1, 0.15) is 65.5 Å². The molecule has 1 aromatic rings. The number of carbonyl (C=O) groups excluding carboxylic acids is 2. The fourth-order valence-corrected chi connectivity index (χ4v) is 2.96. The molecule has 0 spiro atoms. The number of allylic oxidation sites excluding steroid dienone is 2. The van der Waals surface area contributed by atoms with Crippen molar-refractivity contribution in [3.05, 3.63) is 34.9 Å². The quantitative estimate of drug-likeness (QED) is 0.827. The van der Waals surface area contributed by atoms with Gasteiger partial charge in [-0.3, -0.25) is 9.59 Å². The fourth-order valence-electron chi connectivity index (χ4n) is 2.96. The third-order valence-corrected chi connectivity index (χ3v) is 4.19. The van der Waals surface area contributed by atoms with Crippen molar-refractivity contribution in [3.8, 4) is 11.5 Å². The lowest BCUT2D eigenvalue weighted by atomic mass is 9.88. The van der Waals surface area contributed by atoms with E-state index in [-0.39, 0.29) is 34.2 Å². The number of hydrogen-bond donors (Lipinski definition) is 1. The summed E-state index contributed by atoms with van der Waals surface area (Å²) < 4.78 is 10.7. The van der Waals surface area contributed by atoms with Crippen LogP contribution in [0.15, 0.2) is 18.2 Å². The first kappa shape index (κ1) is 18.2. The van der Waals surface area contributed by atoms with Crippen molar-refractivity contribution in [1.82, 2.24) is 0 Å². The highest BCUT2D eigenvalue weighted by Gasteiger charge is 2.31. The molecule has 1 atom stereocenters. The van der Waals surface area contributed by atoms with Gasteiger partial charge in [0.2, 0.25) is 0 Å². The number of ether oxygens (including phenoxy) is 2. The van der Waals surface area contributed by atoms with Crippen molar-refractivity contribution < 1.29 is 24.2 Å². The molecule has 5 heteroatoms. The van der Waals surface area contributed by atoms with E-state index in [0.29, 0.717) is 17.9 Å². The molecular weight excluding hydrogens is 308 g/mol. The lowest BCUT2D eigenvalue weighted by molar-refractivity contribution is 0.0987. The monoisotopic (exact) mass is 332 g/mol. The third-order valence-electron chi connectivity index (χ3n) is 4.19. The van der Waals surface area contributed by atoms with Gasteiger partial charge in [-0.15, -0.1) is 0 Å². The van der Waals surface area contributed by atoms with E-state index in [4.69, 9.17) is 9.47 Å². The molecular formula is C19H24O5. The number of rotatable bonds is 7. The fraction of sp³-hybridized carbons (Fsp3) is 0.474. The van der Waals surface area contributed by atoms with Crippen LogP contribution in [-0.2, 0) is 0 Å². The van der Waals surface area contributed by atoms with Crippen LogP contribution in [0.25, 0.3) is 0 Å². The van der Waals surface area contributed by atoms with Crippen LogP contribution in [-0.4, -0.2) is 30.9 Å². The van der Waals surface area contributed by atoms with Crippen molar-refractivity contribution in [2.45, 2.75) is 39.2 Å². The zero-order valence-corrected chi connectivity index (χ0v) is 14.6. The molecule has 0 saturated heterocycles. The van der Waals surface area contributed by atoms with E-state index in [2.05, 4.69) is 13.8 Å². The smallest absolute Gasteiger partial charge is 0.190 e. The Morgan fingerprint density at radius 1 is 1.00 bits per heavy atom. The first-order valence-corrected chi connectivity index (χ1v) is 8.14. The maximum atomic E-state index is 12.3. The molecule has 0 heterocycles. The van der Waals surface area contributed by atoms with Crippen LogP contribution < -0.4 is 9.47 Å². The van der Waals surface area contributed by atoms with Gasteiger partial charge in [0.05, 0.1) is 31.5 Å². The topological polar surface area (TPSA) is 72.8 Å². The Kier molecular flexibility index (Phi) is 5.78. The van der Waals surface area contributed by atoms with E-state index >= 15 is 0 Å². The molecule has 0 radical (unpaired) electrons. The molecule has 24 heavy (non-hydrogen) atoms. The second kappa shape index (κ2) is 7.62. The predicted molar refractivity (Wildman–Crippen MR) is 91.0 cm³/mol. The Bertz CT molecular complexity index is 673. The van der Waals surface area contributed by atoms with Crippen molar-refractivity contribution >= 4 is 11.6 Å². The lowest BCUT2D eigenvalue weighted by Crippen LogP contribution is -2.17. The average Bonchev–Trinajstić information content (AvgIpc) is 2.55. The van der Waals surface area contributed by atoms with Crippen LogP contribution in [0, 0.1) is 5.92 Å². The number of benzene rings is 1. The molecule has 0 aliphatic heterocycles. The van der Waals surface area contributed by atoms with Gasteiger partial charge in [0.25, 0.3) is 0 Å². The van der Waals surface area contributed by atoms with E-state index in [1.54, 1.807) is 6.07 Å². The maximum Gasteiger partial charge on any atom is 0.190 e. The van der Waals surface area contributed by atoms with Crippen LogP contribution in [0.4, 0.5) is 0 Å². The van der Waals surface area contributed by atoms with Gasteiger partial charge in [0.15, 0.2) is 11.6 Å². The summed E-state index contributed by atoms with van der Waals surface area (Å²) in [4.78, 5) is 24.5. The molecule has 2 rings (SSSR count). The number of methoxy groups -OCH3 is 2. The SMILES string of the molecule is COc1cc(C(O)CCCC(C)C)c(OC)c2c1C(=O)C=CC2=O. The molecule has 130 valence electrons. The Labute approximate surface area is 142 Å². The highest BCUT2D eigenvalue weighted by molar-refractivity contribution is 6.24. The Morgan fingerprint density at radius 2 is 1.62 bits per heavy atom. The summed E-state index contributed by atoms with van der Waals surface area (Å²) in [5.74, 6) is 0.468. The van der Waals surface area contributed by atoms with E-state index in [1.165, 1.54) is 26.4 Å². The van der Waals surface area contributed by atoms with Gasteiger partial charge < -0.3 is 14.6 Å². The summed E-state index contributed by atoms with van der Waals surface area (Å²) in [7, 11) is 2.87. The average molecular weight is 332 g/mol. The van der Waals surface area contributed by atoms with Crippen molar-refractivity contribution in [2.24, 2.45) is 5.92 Å². The van der Waals surface area contributed by atoms with Crippen LogP contribution in [0.2, 0.25) is 0 Å². The molecule has 0 amide bonds. The minimum Gasteiger partial charge on any atom is -0.496 e. The van der Waals surface area contributed by atoms with Gasteiger partial charge in [-0.2, -0.15) is 0 Å². The van der Waals surface area contributed by atoms with Gasteiger partial charge in [-0.1, -0.05) is 26.7 Å². The lowest BCUT2D eigenvalue weighted by Gasteiger charge is -2.22. The molecule has 5 nitrogen and oxygen atoms in total. The summed E-state index contributed by atoms with van der Waals surface area (Å²) in [6.07, 6.45) is 4.07. The van der Waals surface area contributed by atoms with Gasteiger partial charge in [-0.25, -0.2) is 0 Å². The number of aliphatic hydroxyl groups excluding tert-OH is 1. The summed E-state index contributed by atoms with van der Waals surface area (Å²) in [6.45, 7) is 4.26. The molecule has 1 unspecified atom stereocenters. The first-order chi connectivity index (χ1) is 11.4. The van der Waals surface area contributed by atoms with E-state index in [0.717, 1.165) is 12.8 Å². The molecule has 0 fully saturated rings. The highest BCUT2D eigenvalue weighted by Crippen LogP contribution is 2.41. The minimum absolute atomic E-state index is 0.169. The summed E-state index contributed by atoms with van der Waals surface area (Å²) in [5, 5.41) is 10.6. The van der Waals surface area contributed by atoms with Gasteiger partial charge in [0, 0.05) is 5.56 Å². The standard InChI is InChI=1S/C19H24O5/c1-11(2)6-5-7-13(20)12-10-16(23-3)17-14(21)8-9-15(22)18(17)19(12)24-4/h8-11,13,20H,5-7H2,1-4H3. The second-order valence-electron chi connectivity index (χ2n) is 6.35. The molecule has 1 aromatic carbocycles. The van der Waals surface area contributed by atoms with Crippen molar-refractivity contribution in [1.29, 1.82) is 0 Å². The molecule has 1 aliphatic rings. The van der Waals surface area contributed by atoms with Gasteiger partial charge >= 0.3 is 0 Å². The zero-order valence-electron chi connectivity index (χ0n) is 14.6. The van der Waals surface area contributed by atoms with Crippen molar-refractivity contribution in [3.63, 3.8) is 0 Å². The summed E-state index contributed by atoms with van der Waals surface area (Å²) in [6, 6.07) is 1.60. The molecule has 0 saturated carbocycles. The number of aliphatic hydroxyl groups is 1. The van der Waals surface area contributed by atoms with E-state index in [9.17, 15) is 14.7 Å².